The number of ether oxygens (including phenoxy) is 1. The Morgan fingerprint density at radius 1 is 1.27 bits per heavy atom. The second kappa shape index (κ2) is 5.94. The highest BCUT2D eigenvalue weighted by Crippen LogP contribution is 2.38. The average Bonchev–Trinajstić information content (AvgIpc) is 2.40. The lowest BCUT2D eigenvalue weighted by molar-refractivity contribution is -0.135. The summed E-state index contributed by atoms with van der Waals surface area (Å²) in [6.07, 6.45) is 0.194. The normalized spacial score (nSPS) is 11.8. The first kappa shape index (κ1) is 16.3. The number of phenols is 1. The van der Waals surface area contributed by atoms with Gasteiger partial charge in [-0.25, -0.2) is 13.6 Å². The molecule has 0 saturated heterocycles. The van der Waals surface area contributed by atoms with Crippen molar-refractivity contribution in [3.8, 4) is 11.5 Å². The van der Waals surface area contributed by atoms with E-state index in [-0.39, 0.29) is 23.5 Å². The van der Waals surface area contributed by atoms with E-state index >= 15 is 0 Å². The van der Waals surface area contributed by atoms with Crippen molar-refractivity contribution in [2.45, 2.75) is 25.2 Å². The smallest absolute Gasteiger partial charge is 0.311 e. The van der Waals surface area contributed by atoms with Crippen LogP contribution in [0.5, 0.6) is 11.5 Å². The molecule has 0 bridgehead atoms. The number of benzene rings is 2. The predicted octanol–water partition coefficient (Wildman–Crippen LogP) is 2.14. The summed E-state index contributed by atoms with van der Waals surface area (Å²) >= 11 is 0. The van der Waals surface area contributed by atoms with Crippen molar-refractivity contribution in [2.24, 2.45) is 11.1 Å². The molecular formula is C15H17NO5S. The zero-order valence-electron chi connectivity index (χ0n) is 12.2. The van der Waals surface area contributed by atoms with Crippen molar-refractivity contribution in [1.82, 2.24) is 0 Å². The molecule has 0 fully saturated rings. The molecule has 6 nitrogen and oxygen atoms in total. The van der Waals surface area contributed by atoms with E-state index in [0.717, 1.165) is 6.07 Å². The first-order valence-electron chi connectivity index (χ1n) is 6.68. The Bertz CT molecular complexity index is 827. The number of primary sulfonamides is 1. The third-order valence-electron chi connectivity index (χ3n) is 3.05. The molecule has 22 heavy (non-hydrogen) atoms. The summed E-state index contributed by atoms with van der Waals surface area (Å²) in [6, 6.07) is 7.55. The minimum atomic E-state index is -4.15. The van der Waals surface area contributed by atoms with Gasteiger partial charge in [-0.05, 0) is 5.92 Å². The minimum Gasteiger partial charge on any atom is -0.506 e. The summed E-state index contributed by atoms with van der Waals surface area (Å²) in [5, 5.41) is 15.9. The number of hydrogen-bond donors (Lipinski definition) is 2. The highest BCUT2D eigenvalue weighted by Gasteiger charge is 2.21. The van der Waals surface area contributed by atoms with E-state index in [4.69, 9.17) is 9.88 Å². The maximum Gasteiger partial charge on any atom is 0.311 e. The molecule has 0 aromatic heterocycles. The van der Waals surface area contributed by atoms with Crippen molar-refractivity contribution in [1.29, 1.82) is 0 Å². The number of carbonyl (C=O) groups is 1. The van der Waals surface area contributed by atoms with Gasteiger partial charge in [0.15, 0.2) is 0 Å². The Hall–Kier alpha value is -2.12. The Morgan fingerprint density at radius 3 is 2.41 bits per heavy atom. The first-order chi connectivity index (χ1) is 10.2. The van der Waals surface area contributed by atoms with Gasteiger partial charge in [0.25, 0.3) is 0 Å². The summed E-state index contributed by atoms with van der Waals surface area (Å²) in [5.74, 6) is -0.773. The van der Waals surface area contributed by atoms with Crippen LogP contribution in [0.15, 0.2) is 35.2 Å². The van der Waals surface area contributed by atoms with E-state index in [2.05, 4.69) is 0 Å². The SMILES string of the molecule is CC(C)CC(=O)Oc1cc(S(N)(=O)=O)c(O)c2ccccc12. The number of aromatic hydroxyl groups is 1. The molecule has 0 saturated carbocycles. The van der Waals surface area contributed by atoms with Gasteiger partial charge in [0.2, 0.25) is 10.0 Å². The lowest BCUT2D eigenvalue weighted by Gasteiger charge is -2.12. The molecule has 0 aliphatic rings. The van der Waals surface area contributed by atoms with Crippen molar-refractivity contribution >= 4 is 26.8 Å². The number of phenolic OH excluding ortho intramolecular Hbond substituents is 1. The van der Waals surface area contributed by atoms with Crippen molar-refractivity contribution in [2.75, 3.05) is 0 Å². The van der Waals surface area contributed by atoms with E-state index in [1.807, 2.05) is 13.8 Å². The topological polar surface area (TPSA) is 107 Å². The Labute approximate surface area is 128 Å². The monoisotopic (exact) mass is 323 g/mol. The second-order valence-corrected chi connectivity index (χ2v) is 6.91. The van der Waals surface area contributed by atoms with Gasteiger partial charge in [0, 0.05) is 23.3 Å². The molecule has 0 spiro atoms. The number of esters is 1. The zero-order valence-corrected chi connectivity index (χ0v) is 13.1. The molecular weight excluding hydrogens is 306 g/mol. The second-order valence-electron chi connectivity index (χ2n) is 5.38. The highest BCUT2D eigenvalue weighted by atomic mass is 32.2. The van der Waals surface area contributed by atoms with Crippen LogP contribution in [-0.4, -0.2) is 19.5 Å². The molecule has 0 atom stereocenters. The Balaban J connectivity index is 2.62. The lowest BCUT2D eigenvalue weighted by atomic mass is 10.1. The van der Waals surface area contributed by atoms with Crippen LogP contribution in [0.2, 0.25) is 0 Å². The summed E-state index contributed by atoms with van der Waals surface area (Å²) in [6.45, 7) is 3.73. The van der Waals surface area contributed by atoms with Gasteiger partial charge in [-0.2, -0.15) is 0 Å². The summed E-state index contributed by atoms with van der Waals surface area (Å²) in [7, 11) is -4.15. The van der Waals surface area contributed by atoms with Crippen LogP contribution in [0, 0.1) is 5.92 Å². The number of carbonyl (C=O) groups excluding carboxylic acids is 1. The quantitative estimate of drug-likeness (QED) is 0.662. The van der Waals surface area contributed by atoms with E-state index in [1.165, 1.54) is 6.07 Å². The lowest BCUT2D eigenvalue weighted by Crippen LogP contribution is -2.14. The number of sulfonamides is 1. The highest BCUT2D eigenvalue weighted by molar-refractivity contribution is 7.89. The van der Waals surface area contributed by atoms with Crippen LogP contribution in [-0.2, 0) is 14.8 Å². The van der Waals surface area contributed by atoms with Gasteiger partial charge < -0.3 is 9.84 Å². The molecule has 2 aromatic rings. The van der Waals surface area contributed by atoms with E-state index < -0.39 is 26.6 Å². The molecule has 118 valence electrons. The molecule has 0 unspecified atom stereocenters. The van der Waals surface area contributed by atoms with Crippen molar-refractivity contribution in [3.05, 3.63) is 30.3 Å². The molecule has 2 aromatic carbocycles. The van der Waals surface area contributed by atoms with Gasteiger partial charge in [-0.15, -0.1) is 0 Å². The van der Waals surface area contributed by atoms with E-state index in [9.17, 15) is 18.3 Å². The minimum absolute atomic E-state index is 0.0584. The van der Waals surface area contributed by atoms with Crippen LogP contribution >= 0.6 is 0 Å². The largest absolute Gasteiger partial charge is 0.506 e. The van der Waals surface area contributed by atoms with Gasteiger partial charge in [-0.1, -0.05) is 38.1 Å². The van der Waals surface area contributed by atoms with E-state index in [1.54, 1.807) is 18.2 Å². The molecule has 0 aliphatic carbocycles. The van der Waals surface area contributed by atoms with Crippen LogP contribution < -0.4 is 9.88 Å². The maximum absolute atomic E-state index is 11.8. The molecule has 0 amide bonds. The van der Waals surface area contributed by atoms with Crippen LogP contribution in [0.3, 0.4) is 0 Å². The van der Waals surface area contributed by atoms with Gasteiger partial charge >= 0.3 is 5.97 Å². The molecule has 7 heteroatoms. The number of hydrogen-bond acceptors (Lipinski definition) is 5. The van der Waals surface area contributed by atoms with Crippen LogP contribution in [0.4, 0.5) is 0 Å². The fraction of sp³-hybridized carbons (Fsp3) is 0.267. The maximum atomic E-state index is 11.8. The summed E-state index contributed by atoms with van der Waals surface area (Å²) < 4.78 is 28.4. The molecule has 2 rings (SSSR count). The number of nitrogens with two attached hydrogens (primary N) is 1. The van der Waals surface area contributed by atoms with Gasteiger partial charge in [0.05, 0.1) is 0 Å². The standard InChI is InChI=1S/C15H17NO5S/c1-9(2)7-14(17)21-12-8-13(22(16,19)20)15(18)11-6-4-3-5-10(11)12/h3-6,8-9,18H,7H2,1-2H3,(H2,16,19,20). The first-order valence-corrected chi connectivity index (χ1v) is 8.23. The third-order valence-corrected chi connectivity index (χ3v) is 3.97. The van der Waals surface area contributed by atoms with Gasteiger partial charge in [-0.3, -0.25) is 4.79 Å². The van der Waals surface area contributed by atoms with Gasteiger partial charge in [0.1, 0.15) is 16.4 Å². The Morgan fingerprint density at radius 2 is 1.86 bits per heavy atom. The molecule has 3 N–H and O–H groups in total. The average molecular weight is 323 g/mol. The van der Waals surface area contributed by atoms with Crippen molar-refractivity contribution in [3.63, 3.8) is 0 Å². The van der Waals surface area contributed by atoms with Crippen LogP contribution in [0.25, 0.3) is 10.8 Å². The number of fused-ring (bicyclic) bond motifs is 1. The fourth-order valence-electron chi connectivity index (χ4n) is 2.10. The fourth-order valence-corrected chi connectivity index (χ4v) is 2.75. The third kappa shape index (κ3) is 3.37. The molecule has 0 heterocycles. The van der Waals surface area contributed by atoms with Crippen molar-refractivity contribution < 1.29 is 23.1 Å². The number of rotatable bonds is 4. The van der Waals surface area contributed by atoms with Crippen LogP contribution in [0.1, 0.15) is 20.3 Å². The van der Waals surface area contributed by atoms with E-state index in [0.29, 0.717) is 5.39 Å². The molecule has 0 aliphatic heterocycles. The summed E-state index contributed by atoms with van der Waals surface area (Å²) in [5.41, 5.74) is 0. The summed E-state index contributed by atoms with van der Waals surface area (Å²) in [4.78, 5) is 11.4. The molecule has 0 radical (unpaired) electrons. The predicted molar refractivity (Wildman–Crippen MR) is 82.1 cm³/mol. The zero-order chi connectivity index (χ0) is 16.5. The Kier molecular flexibility index (Phi) is 4.39.